The number of hydrogen-bond donors (Lipinski definition) is 2. The Hall–Kier alpha value is -4.48. The van der Waals surface area contributed by atoms with Gasteiger partial charge in [0.05, 0.1) is 31.1 Å². The van der Waals surface area contributed by atoms with Crippen LogP contribution in [0.4, 0.5) is 5.69 Å². The average Bonchev–Trinajstić information content (AvgIpc) is 3.44. The smallest absolute Gasteiger partial charge is 0.306 e. The fourth-order valence-corrected chi connectivity index (χ4v) is 6.91. The van der Waals surface area contributed by atoms with Gasteiger partial charge in [-0.3, -0.25) is 19.2 Å². The minimum absolute atomic E-state index is 0.0687. The van der Waals surface area contributed by atoms with Crippen LogP contribution in [0.1, 0.15) is 30.9 Å². The second-order valence-corrected chi connectivity index (χ2v) is 11.6. The molecule has 2 N–H and O–H groups in total. The zero-order chi connectivity index (χ0) is 31.6. The molecule has 6 atom stereocenters. The van der Waals surface area contributed by atoms with Gasteiger partial charge in [0.25, 0.3) is 5.91 Å². The summed E-state index contributed by atoms with van der Waals surface area (Å²) in [5.74, 6) is -2.89. The van der Waals surface area contributed by atoms with E-state index in [9.17, 15) is 24.3 Å². The summed E-state index contributed by atoms with van der Waals surface area (Å²) in [5.41, 5.74) is -0.0642. The summed E-state index contributed by atoms with van der Waals surface area (Å²) in [6.45, 7) is 0.109. The van der Waals surface area contributed by atoms with Crippen molar-refractivity contribution in [3.8, 4) is 5.75 Å². The molecule has 0 aromatic heterocycles. The lowest BCUT2D eigenvalue weighted by Crippen LogP contribution is -2.55. The molecule has 2 saturated heterocycles. The molecule has 6 rings (SSSR count). The molecule has 2 aromatic rings. The van der Waals surface area contributed by atoms with Gasteiger partial charge in [-0.15, -0.1) is 0 Å². The average molecular weight is 616 g/mol. The molecular formula is C34H37N3O8. The van der Waals surface area contributed by atoms with Crippen LogP contribution in [0.2, 0.25) is 0 Å². The Morgan fingerprint density at radius 3 is 2.53 bits per heavy atom. The quantitative estimate of drug-likeness (QED) is 0.374. The summed E-state index contributed by atoms with van der Waals surface area (Å²) in [5, 5.41) is 12.7. The second-order valence-electron chi connectivity index (χ2n) is 11.6. The van der Waals surface area contributed by atoms with Gasteiger partial charge in [0.15, 0.2) is 0 Å². The molecule has 45 heavy (non-hydrogen) atoms. The molecule has 11 nitrogen and oxygen atoms in total. The fraction of sp³-hybridized carbons (Fsp3) is 0.412. The van der Waals surface area contributed by atoms with Crippen molar-refractivity contribution < 1.29 is 38.5 Å². The number of allylic oxidation sites excluding steroid dienone is 1. The topological polar surface area (TPSA) is 135 Å². The van der Waals surface area contributed by atoms with E-state index in [1.54, 1.807) is 54.5 Å². The number of carbonyl (C=O) groups is 4. The lowest BCUT2D eigenvalue weighted by atomic mass is 9.77. The summed E-state index contributed by atoms with van der Waals surface area (Å²) in [6, 6.07) is 14.5. The standard InChI is InChI=1S/C34H37N3O8/c1-43-24-15-13-23(14-16-24)36-18-7-17-34-29(32(41)37(19-8-20-38)30(34)33(36)42)28-26(45-34)11-5-6-12-27(39)44-21-25(35-31(28)40)22-9-3-2-4-10-22/h2-5,7,9-11,13-17,25-26,28-30,38H,6,8,12,18-21H2,1H3,(H,35,40)/b11-5-/t25-,26+,28-,29-,30+,34-/m0/s1. The number of carbonyl (C=O) groups excluding carboxylic acids is 4. The third kappa shape index (κ3) is 5.62. The van der Waals surface area contributed by atoms with Crippen molar-refractivity contribution in [1.29, 1.82) is 0 Å². The summed E-state index contributed by atoms with van der Waals surface area (Å²) in [4.78, 5) is 58.6. The number of ether oxygens (including phenoxy) is 3. The summed E-state index contributed by atoms with van der Waals surface area (Å²) < 4.78 is 17.5. The van der Waals surface area contributed by atoms with Gasteiger partial charge in [-0.2, -0.15) is 0 Å². The number of cyclic esters (lactones) is 1. The van der Waals surface area contributed by atoms with E-state index in [0.29, 0.717) is 17.9 Å². The number of nitrogens with one attached hydrogen (secondary N) is 1. The Morgan fingerprint density at radius 1 is 1.02 bits per heavy atom. The predicted octanol–water partition coefficient (Wildman–Crippen LogP) is 2.31. The number of anilines is 1. The number of aliphatic hydroxyl groups excluding tert-OH is 1. The Bertz CT molecular complexity index is 1490. The maximum absolute atomic E-state index is 14.5. The highest BCUT2D eigenvalue weighted by atomic mass is 16.5. The molecule has 2 aromatic carbocycles. The predicted molar refractivity (Wildman–Crippen MR) is 163 cm³/mol. The highest BCUT2D eigenvalue weighted by molar-refractivity contribution is 6.05. The first kappa shape index (κ1) is 30.5. The number of amides is 3. The van der Waals surface area contributed by atoms with Crippen LogP contribution >= 0.6 is 0 Å². The van der Waals surface area contributed by atoms with E-state index >= 15 is 0 Å². The molecular weight excluding hydrogens is 578 g/mol. The molecule has 4 heterocycles. The Labute approximate surface area is 261 Å². The van der Waals surface area contributed by atoms with E-state index in [2.05, 4.69) is 5.32 Å². The first-order valence-electron chi connectivity index (χ1n) is 15.3. The molecule has 1 spiro atoms. The van der Waals surface area contributed by atoms with Crippen molar-refractivity contribution in [1.82, 2.24) is 10.2 Å². The molecule has 0 aliphatic carbocycles. The molecule has 3 amide bonds. The van der Waals surface area contributed by atoms with E-state index in [-0.39, 0.29) is 56.9 Å². The van der Waals surface area contributed by atoms with Crippen molar-refractivity contribution in [3.63, 3.8) is 0 Å². The molecule has 0 saturated carbocycles. The maximum Gasteiger partial charge on any atom is 0.306 e. The zero-order valence-corrected chi connectivity index (χ0v) is 25.0. The van der Waals surface area contributed by atoms with E-state index in [1.165, 1.54) is 4.90 Å². The van der Waals surface area contributed by atoms with Crippen LogP contribution in [-0.4, -0.2) is 84.9 Å². The van der Waals surface area contributed by atoms with Gasteiger partial charge in [0, 0.05) is 31.8 Å². The summed E-state index contributed by atoms with van der Waals surface area (Å²) >= 11 is 0. The van der Waals surface area contributed by atoms with Crippen molar-refractivity contribution in [2.75, 3.05) is 38.3 Å². The minimum atomic E-state index is -1.43. The molecule has 4 aliphatic heterocycles. The van der Waals surface area contributed by atoms with Crippen LogP contribution in [0.15, 0.2) is 78.9 Å². The molecule has 11 heteroatoms. The number of aliphatic hydroxyl groups is 1. The van der Waals surface area contributed by atoms with Gasteiger partial charge in [-0.25, -0.2) is 0 Å². The van der Waals surface area contributed by atoms with E-state index < -0.39 is 41.5 Å². The van der Waals surface area contributed by atoms with Gasteiger partial charge >= 0.3 is 5.97 Å². The van der Waals surface area contributed by atoms with E-state index in [0.717, 1.165) is 5.56 Å². The number of rotatable bonds is 6. The SMILES string of the molecule is COc1ccc(N2CC=C[C@]34O[C@@H]5/C=C\CCC(=O)OC[C@@H](c6ccccc6)NC(=O)[C@@H]5[C@H]3C(=O)N(CCCO)[C@@H]4C2=O)cc1. The number of benzene rings is 2. The number of fused-ring (bicyclic) bond motifs is 2. The molecule has 0 unspecified atom stereocenters. The van der Waals surface area contributed by atoms with Gasteiger partial charge in [0.1, 0.15) is 24.0 Å². The largest absolute Gasteiger partial charge is 0.497 e. The minimum Gasteiger partial charge on any atom is -0.497 e. The second kappa shape index (κ2) is 12.9. The summed E-state index contributed by atoms with van der Waals surface area (Å²) in [7, 11) is 1.56. The molecule has 2 fully saturated rings. The van der Waals surface area contributed by atoms with Crippen molar-refractivity contribution >= 4 is 29.4 Å². The Kier molecular flexibility index (Phi) is 8.73. The lowest BCUT2D eigenvalue weighted by Gasteiger charge is -2.35. The van der Waals surface area contributed by atoms with Crippen LogP contribution in [0.3, 0.4) is 0 Å². The highest BCUT2D eigenvalue weighted by Crippen LogP contribution is 2.53. The van der Waals surface area contributed by atoms with Crippen LogP contribution in [-0.2, 0) is 28.7 Å². The fourth-order valence-electron chi connectivity index (χ4n) is 6.91. The number of esters is 1. The Balaban J connectivity index is 1.41. The number of likely N-dealkylation sites (tertiary alicyclic amines) is 1. The maximum atomic E-state index is 14.5. The number of hydrogen-bond acceptors (Lipinski definition) is 8. The van der Waals surface area contributed by atoms with Crippen molar-refractivity contribution in [3.05, 3.63) is 84.5 Å². The highest BCUT2D eigenvalue weighted by Gasteiger charge is 2.71. The van der Waals surface area contributed by atoms with Crippen LogP contribution in [0.5, 0.6) is 5.75 Å². The Morgan fingerprint density at radius 2 is 1.80 bits per heavy atom. The van der Waals surface area contributed by atoms with Gasteiger partial charge in [-0.1, -0.05) is 54.6 Å². The number of methoxy groups -OCH3 is 1. The molecule has 236 valence electrons. The van der Waals surface area contributed by atoms with Crippen molar-refractivity contribution in [2.45, 2.75) is 43.1 Å². The van der Waals surface area contributed by atoms with Crippen LogP contribution in [0, 0.1) is 11.8 Å². The van der Waals surface area contributed by atoms with Crippen LogP contribution in [0.25, 0.3) is 0 Å². The van der Waals surface area contributed by atoms with Gasteiger partial charge in [0.2, 0.25) is 11.8 Å². The van der Waals surface area contributed by atoms with Gasteiger partial charge < -0.3 is 34.4 Å². The zero-order valence-electron chi connectivity index (χ0n) is 25.0. The van der Waals surface area contributed by atoms with E-state index in [4.69, 9.17) is 14.2 Å². The molecule has 0 bridgehead atoms. The van der Waals surface area contributed by atoms with Crippen LogP contribution < -0.4 is 15.0 Å². The normalized spacial score (nSPS) is 30.7. The first-order chi connectivity index (χ1) is 21.9. The van der Waals surface area contributed by atoms with E-state index in [1.807, 2.05) is 36.4 Å². The van der Waals surface area contributed by atoms with Crippen molar-refractivity contribution in [2.24, 2.45) is 11.8 Å². The summed E-state index contributed by atoms with van der Waals surface area (Å²) in [6.07, 6.45) is 6.99. The lowest BCUT2D eigenvalue weighted by molar-refractivity contribution is -0.146. The number of nitrogens with zero attached hydrogens (tertiary/aromatic N) is 2. The molecule has 0 radical (unpaired) electrons. The third-order valence-corrected chi connectivity index (χ3v) is 9.01. The first-order valence-corrected chi connectivity index (χ1v) is 15.3. The third-order valence-electron chi connectivity index (χ3n) is 9.01. The van der Waals surface area contributed by atoms with Gasteiger partial charge in [-0.05, 0) is 42.7 Å². The monoisotopic (exact) mass is 615 g/mol. The molecule has 4 aliphatic rings.